The fourth-order valence-electron chi connectivity index (χ4n) is 3.55. The van der Waals surface area contributed by atoms with Gasteiger partial charge in [0.25, 0.3) is 0 Å². The van der Waals surface area contributed by atoms with Gasteiger partial charge in [0.2, 0.25) is 10.0 Å². The second-order valence-electron chi connectivity index (χ2n) is 7.22. The van der Waals surface area contributed by atoms with Gasteiger partial charge in [0.1, 0.15) is 11.5 Å². The lowest BCUT2D eigenvalue weighted by molar-refractivity contribution is 0.0923. The van der Waals surface area contributed by atoms with Gasteiger partial charge in [-0.25, -0.2) is 8.42 Å². The van der Waals surface area contributed by atoms with Crippen LogP contribution in [0.1, 0.15) is 67.6 Å². The van der Waals surface area contributed by atoms with Crippen molar-refractivity contribution in [2.75, 3.05) is 18.2 Å². The highest BCUT2D eigenvalue weighted by Crippen LogP contribution is 2.40. The number of piperidine rings is 1. The van der Waals surface area contributed by atoms with Crippen molar-refractivity contribution >= 4 is 27.4 Å². The Hall–Kier alpha value is -0.920. The van der Waals surface area contributed by atoms with Crippen molar-refractivity contribution in [3.8, 4) is 0 Å². The molecule has 0 amide bonds. The van der Waals surface area contributed by atoms with Gasteiger partial charge >= 0.3 is 0 Å². The normalized spacial score (nSPS) is 25.2. The predicted molar refractivity (Wildman–Crippen MR) is 95.4 cm³/mol. The lowest BCUT2D eigenvalue weighted by Gasteiger charge is -2.36. The molecule has 1 saturated heterocycles. The predicted octanol–water partition coefficient (Wildman–Crippen LogP) is 3.18. The Balaban J connectivity index is 1.54. The van der Waals surface area contributed by atoms with Gasteiger partial charge in [0.05, 0.1) is 5.75 Å². The van der Waals surface area contributed by atoms with Crippen LogP contribution in [0.5, 0.6) is 0 Å². The average molecular weight is 389 g/mol. The maximum Gasteiger partial charge on any atom is 0.214 e. The Labute approximate surface area is 153 Å². The minimum atomic E-state index is -3.26. The van der Waals surface area contributed by atoms with Gasteiger partial charge in [0.15, 0.2) is 5.78 Å². The van der Waals surface area contributed by atoms with E-state index in [1.807, 2.05) is 6.92 Å². The molecule has 1 aliphatic heterocycles. The first kappa shape index (κ1) is 18.9. The van der Waals surface area contributed by atoms with E-state index in [0.717, 1.165) is 18.6 Å². The van der Waals surface area contributed by atoms with Crippen LogP contribution in [0.4, 0.5) is 0 Å². The third-order valence-corrected chi connectivity index (χ3v) is 7.41. The maximum atomic E-state index is 12.4. The van der Waals surface area contributed by atoms with E-state index in [2.05, 4.69) is 5.16 Å². The molecule has 1 aromatic rings. The van der Waals surface area contributed by atoms with Gasteiger partial charge in [-0.1, -0.05) is 5.16 Å². The number of carbonyl (C=O) groups is 1. The Bertz CT molecular complexity index is 714. The summed E-state index contributed by atoms with van der Waals surface area (Å²) in [5.74, 6) is 1.87. The van der Waals surface area contributed by atoms with E-state index in [1.165, 1.54) is 0 Å². The van der Waals surface area contributed by atoms with E-state index in [-0.39, 0.29) is 23.5 Å². The van der Waals surface area contributed by atoms with Gasteiger partial charge < -0.3 is 4.52 Å². The summed E-state index contributed by atoms with van der Waals surface area (Å²) in [6.45, 7) is 2.38. The highest BCUT2D eigenvalue weighted by Gasteiger charge is 2.34. The molecule has 0 spiro atoms. The lowest BCUT2D eigenvalue weighted by Crippen LogP contribution is -2.45. The first-order valence-corrected chi connectivity index (χ1v) is 11.1. The molecule has 3 rings (SSSR count). The number of hydrogen-bond donors (Lipinski definition) is 0. The first-order chi connectivity index (χ1) is 11.9. The molecule has 2 fully saturated rings. The molecule has 0 radical (unpaired) electrons. The first-order valence-electron chi connectivity index (χ1n) is 8.96. The zero-order chi connectivity index (χ0) is 18.0. The fraction of sp³-hybridized carbons (Fsp3) is 0.765. The molecule has 1 saturated carbocycles. The number of Topliss-reactive ketones (excluding diaryl/α,β-unsaturated/α-hetero) is 1. The van der Waals surface area contributed by atoms with Gasteiger partial charge in [-0.05, 0) is 44.9 Å². The highest BCUT2D eigenvalue weighted by atomic mass is 35.5. The molecule has 0 N–H and O–H groups in total. The second kappa shape index (κ2) is 7.76. The third-order valence-electron chi connectivity index (χ3n) is 5.08. The summed E-state index contributed by atoms with van der Waals surface area (Å²) in [6, 6.07) is 1.68. The van der Waals surface area contributed by atoms with Crippen molar-refractivity contribution in [1.82, 2.24) is 9.46 Å². The van der Waals surface area contributed by atoms with Crippen molar-refractivity contribution < 1.29 is 17.7 Å². The molecule has 0 unspecified atom stereocenters. The number of sulfonamides is 1. The monoisotopic (exact) mass is 388 g/mol. The smallest absolute Gasteiger partial charge is 0.214 e. The van der Waals surface area contributed by atoms with Gasteiger partial charge in [-0.15, -0.1) is 11.6 Å². The van der Waals surface area contributed by atoms with Crippen LogP contribution in [0.3, 0.4) is 0 Å². The summed E-state index contributed by atoms with van der Waals surface area (Å²) in [5, 5.41) is 3.91. The topological polar surface area (TPSA) is 80.5 Å². The second-order valence-corrected chi connectivity index (χ2v) is 9.64. The molecule has 8 heteroatoms. The Morgan fingerprint density at radius 2 is 2.16 bits per heavy atom. The van der Waals surface area contributed by atoms with E-state index < -0.39 is 10.0 Å². The van der Waals surface area contributed by atoms with Crippen molar-refractivity contribution in [1.29, 1.82) is 0 Å². The molecule has 6 nitrogen and oxygen atoms in total. The quantitative estimate of drug-likeness (QED) is 0.504. The van der Waals surface area contributed by atoms with Crippen LogP contribution in [-0.2, 0) is 10.0 Å². The Morgan fingerprint density at radius 3 is 2.80 bits per heavy atom. The van der Waals surface area contributed by atoms with Crippen LogP contribution in [0, 0.1) is 5.92 Å². The Kier molecular flexibility index (Phi) is 5.85. The van der Waals surface area contributed by atoms with Crippen LogP contribution < -0.4 is 0 Å². The van der Waals surface area contributed by atoms with E-state index >= 15 is 0 Å². The highest BCUT2D eigenvalue weighted by molar-refractivity contribution is 7.89. The number of carbonyl (C=O) groups excluding carboxylic acids is 1. The van der Waals surface area contributed by atoms with Crippen LogP contribution in [0.15, 0.2) is 10.6 Å². The minimum absolute atomic E-state index is 0.00806. The van der Waals surface area contributed by atoms with Crippen LogP contribution in [-0.4, -0.2) is 47.9 Å². The summed E-state index contributed by atoms with van der Waals surface area (Å²) < 4.78 is 31.5. The number of halogens is 1. The van der Waals surface area contributed by atoms with Crippen molar-refractivity contribution in [3.63, 3.8) is 0 Å². The molecule has 0 bridgehead atoms. The molecule has 2 aliphatic rings. The van der Waals surface area contributed by atoms with Gasteiger partial charge in [-0.2, -0.15) is 4.31 Å². The summed E-state index contributed by atoms with van der Waals surface area (Å²) in [6.07, 6.45) is 4.47. The van der Waals surface area contributed by atoms with E-state index in [1.54, 1.807) is 10.4 Å². The van der Waals surface area contributed by atoms with E-state index in [0.29, 0.717) is 49.7 Å². The Morgan fingerprint density at radius 1 is 1.40 bits per heavy atom. The minimum Gasteiger partial charge on any atom is -0.360 e. The van der Waals surface area contributed by atoms with Crippen molar-refractivity contribution in [2.45, 2.75) is 57.4 Å². The molecule has 1 aromatic heterocycles. The average Bonchev–Trinajstić information content (AvgIpc) is 3.29. The summed E-state index contributed by atoms with van der Waals surface area (Å²) in [7, 11) is -3.26. The number of rotatable bonds is 8. The standard InChI is InChI=1S/C17H25ClN2O4S/c1-12-9-13(5-7-20(12)25(22,23)8-2-6-18)10-16(21)15-11-17(24-19-15)14-3-4-14/h11-14H,2-10H2,1H3/t12-,13-/m0/s1. The third kappa shape index (κ3) is 4.63. The molecule has 2 heterocycles. The number of alkyl halides is 1. The van der Waals surface area contributed by atoms with E-state index in [4.69, 9.17) is 16.1 Å². The van der Waals surface area contributed by atoms with Crippen molar-refractivity contribution in [2.24, 2.45) is 5.92 Å². The molecule has 2 atom stereocenters. The lowest BCUT2D eigenvalue weighted by atomic mass is 9.88. The van der Waals surface area contributed by atoms with Crippen LogP contribution >= 0.6 is 11.6 Å². The summed E-state index contributed by atoms with van der Waals surface area (Å²) in [5.41, 5.74) is 0.409. The summed E-state index contributed by atoms with van der Waals surface area (Å²) >= 11 is 5.61. The van der Waals surface area contributed by atoms with Crippen LogP contribution in [0.2, 0.25) is 0 Å². The number of ketones is 1. The zero-order valence-corrected chi connectivity index (χ0v) is 16.1. The largest absolute Gasteiger partial charge is 0.360 e. The molecule has 25 heavy (non-hydrogen) atoms. The van der Waals surface area contributed by atoms with Crippen molar-refractivity contribution in [3.05, 3.63) is 17.5 Å². The van der Waals surface area contributed by atoms with E-state index in [9.17, 15) is 13.2 Å². The molecular formula is C17H25ClN2O4S. The molecule has 140 valence electrons. The fourth-order valence-corrected chi connectivity index (χ4v) is 5.60. The van der Waals surface area contributed by atoms with Gasteiger partial charge in [0, 0.05) is 36.9 Å². The number of aromatic nitrogens is 1. The molecule has 0 aromatic carbocycles. The molecular weight excluding hydrogens is 364 g/mol. The zero-order valence-electron chi connectivity index (χ0n) is 14.5. The number of nitrogens with zero attached hydrogens (tertiary/aromatic N) is 2. The maximum absolute atomic E-state index is 12.4. The van der Waals surface area contributed by atoms with Gasteiger partial charge in [-0.3, -0.25) is 4.79 Å². The SMILES string of the molecule is C[C@H]1C[C@@H](CC(=O)c2cc(C3CC3)on2)CCN1S(=O)(=O)CCCCl. The molecule has 1 aliphatic carbocycles. The number of hydrogen-bond acceptors (Lipinski definition) is 5. The summed E-state index contributed by atoms with van der Waals surface area (Å²) in [4.78, 5) is 12.4. The van der Waals surface area contributed by atoms with Crippen LogP contribution in [0.25, 0.3) is 0 Å².